The van der Waals surface area contributed by atoms with Gasteiger partial charge in [0.25, 0.3) is 0 Å². The molecule has 2 rings (SSSR count). The zero-order valence-electron chi connectivity index (χ0n) is 10.2. The standard InChI is InChI=1S/C12H19N3S/c1-12(2,3)9-7-10(13)15-11(14-9)8-5-4-6-16-8/h7-8H,4-6H2,1-3H3,(H2,13,14,15). The first kappa shape index (κ1) is 11.7. The molecule has 0 aliphatic carbocycles. The van der Waals surface area contributed by atoms with E-state index in [9.17, 15) is 0 Å². The number of anilines is 1. The van der Waals surface area contributed by atoms with Crippen LogP contribution < -0.4 is 5.73 Å². The zero-order valence-corrected chi connectivity index (χ0v) is 11.0. The quantitative estimate of drug-likeness (QED) is 0.816. The summed E-state index contributed by atoms with van der Waals surface area (Å²) in [6.45, 7) is 6.46. The Labute approximate surface area is 101 Å². The number of hydrogen-bond donors (Lipinski definition) is 1. The van der Waals surface area contributed by atoms with Crippen LogP contribution in [0.2, 0.25) is 0 Å². The van der Waals surface area contributed by atoms with E-state index in [-0.39, 0.29) is 5.41 Å². The molecule has 1 saturated heterocycles. The fraction of sp³-hybridized carbons (Fsp3) is 0.667. The molecule has 1 aliphatic rings. The van der Waals surface area contributed by atoms with E-state index in [1.165, 1.54) is 18.6 Å². The van der Waals surface area contributed by atoms with E-state index in [1.807, 2.05) is 17.8 Å². The van der Waals surface area contributed by atoms with Crippen molar-refractivity contribution in [1.82, 2.24) is 9.97 Å². The summed E-state index contributed by atoms with van der Waals surface area (Å²) < 4.78 is 0. The number of thioether (sulfide) groups is 1. The third-order valence-corrected chi connectivity index (χ3v) is 4.12. The van der Waals surface area contributed by atoms with Gasteiger partial charge in [-0.1, -0.05) is 20.8 Å². The lowest BCUT2D eigenvalue weighted by Gasteiger charge is -2.19. The first-order valence-corrected chi connectivity index (χ1v) is 6.78. The van der Waals surface area contributed by atoms with E-state index >= 15 is 0 Å². The van der Waals surface area contributed by atoms with Crippen molar-refractivity contribution < 1.29 is 0 Å². The molecule has 1 atom stereocenters. The first-order valence-electron chi connectivity index (χ1n) is 5.73. The fourth-order valence-corrected chi connectivity index (χ4v) is 3.00. The maximum atomic E-state index is 5.86. The van der Waals surface area contributed by atoms with E-state index in [4.69, 9.17) is 5.73 Å². The topological polar surface area (TPSA) is 51.8 Å². The van der Waals surface area contributed by atoms with Crippen LogP contribution in [0.15, 0.2) is 6.07 Å². The fourth-order valence-electron chi connectivity index (χ4n) is 1.79. The maximum Gasteiger partial charge on any atom is 0.143 e. The summed E-state index contributed by atoms with van der Waals surface area (Å²) in [6, 6.07) is 1.89. The molecule has 1 aromatic heterocycles. The third kappa shape index (κ3) is 2.48. The van der Waals surface area contributed by atoms with Crippen LogP contribution in [0.25, 0.3) is 0 Å². The van der Waals surface area contributed by atoms with Gasteiger partial charge in [-0.3, -0.25) is 0 Å². The Kier molecular flexibility index (Phi) is 3.10. The van der Waals surface area contributed by atoms with Gasteiger partial charge >= 0.3 is 0 Å². The molecule has 4 heteroatoms. The van der Waals surface area contributed by atoms with Crippen LogP contribution in [0.4, 0.5) is 5.82 Å². The third-order valence-electron chi connectivity index (χ3n) is 2.75. The van der Waals surface area contributed by atoms with E-state index in [0.717, 1.165) is 11.5 Å². The summed E-state index contributed by atoms with van der Waals surface area (Å²) in [5, 5.41) is 0.449. The second kappa shape index (κ2) is 4.24. The number of hydrogen-bond acceptors (Lipinski definition) is 4. The highest BCUT2D eigenvalue weighted by molar-refractivity contribution is 7.99. The van der Waals surface area contributed by atoms with Crippen LogP contribution in [-0.4, -0.2) is 15.7 Å². The highest BCUT2D eigenvalue weighted by atomic mass is 32.2. The number of nitrogen functional groups attached to an aromatic ring is 1. The van der Waals surface area contributed by atoms with E-state index in [1.54, 1.807) is 0 Å². The van der Waals surface area contributed by atoms with Gasteiger partial charge in [0.1, 0.15) is 11.6 Å². The summed E-state index contributed by atoms with van der Waals surface area (Å²) in [5.74, 6) is 2.74. The van der Waals surface area contributed by atoms with Gasteiger partial charge in [-0.2, -0.15) is 11.8 Å². The predicted molar refractivity (Wildman–Crippen MR) is 69.6 cm³/mol. The lowest BCUT2D eigenvalue weighted by atomic mass is 9.92. The molecule has 0 amide bonds. The van der Waals surface area contributed by atoms with E-state index in [2.05, 4.69) is 30.7 Å². The Bertz CT molecular complexity index is 378. The summed E-state index contributed by atoms with van der Waals surface area (Å²) in [6.07, 6.45) is 2.44. The zero-order chi connectivity index (χ0) is 11.8. The Morgan fingerprint density at radius 1 is 1.38 bits per heavy atom. The molecule has 1 aromatic rings. The summed E-state index contributed by atoms with van der Waals surface area (Å²) in [4.78, 5) is 9.05. The summed E-state index contributed by atoms with van der Waals surface area (Å²) >= 11 is 1.94. The minimum absolute atomic E-state index is 0.0368. The second-order valence-electron chi connectivity index (χ2n) is 5.29. The molecule has 0 aromatic carbocycles. The van der Waals surface area contributed by atoms with Gasteiger partial charge in [0, 0.05) is 11.5 Å². The number of nitrogens with two attached hydrogens (primary N) is 1. The molecule has 0 radical (unpaired) electrons. The molecule has 1 fully saturated rings. The van der Waals surface area contributed by atoms with Gasteiger partial charge in [-0.15, -0.1) is 0 Å². The molecule has 3 nitrogen and oxygen atoms in total. The Morgan fingerprint density at radius 3 is 2.69 bits per heavy atom. The van der Waals surface area contributed by atoms with Crippen LogP contribution in [0, 0.1) is 0 Å². The molecule has 88 valence electrons. The summed E-state index contributed by atoms with van der Waals surface area (Å²) in [5.41, 5.74) is 6.94. The maximum absolute atomic E-state index is 5.86. The highest BCUT2D eigenvalue weighted by Gasteiger charge is 2.24. The van der Waals surface area contributed by atoms with Crippen molar-refractivity contribution in [2.24, 2.45) is 0 Å². The smallest absolute Gasteiger partial charge is 0.143 e. The number of rotatable bonds is 1. The minimum Gasteiger partial charge on any atom is -0.384 e. The SMILES string of the molecule is CC(C)(C)c1cc(N)nc(C2CCCS2)n1. The van der Waals surface area contributed by atoms with Crippen molar-refractivity contribution >= 4 is 17.6 Å². The number of nitrogens with zero attached hydrogens (tertiary/aromatic N) is 2. The van der Waals surface area contributed by atoms with Crippen LogP contribution in [-0.2, 0) is 5.41 Å². The van der Waals surface area contributed by atoms with Gasteiger partial charge in [0.15, 0.2) is 0 Å². The predicted octanol–water partition coefficient (Wildman–Crippen LogP) is 2.92. The van der Waals surface area contributed by atoms with E-state index < -0.39 is 0 Å². The van der Waals surface area contributed by atoms with Crippen molar-refractivity contribution in [2.75, 3.05) is 11.5 Å². The number of aromatic nitrogens is 2. The van der Waals surface area contributed by atoms with Crippen LogP contribution in [0.1, 0.15) is 50.4 Å². The molecule has 0 spiro atoms. The van der Waals surface area contributed by atoms with Gasteiger partial charge in [-0.25, -0.2) is 9.97 Å². The van der Waals surface area contributed by atoms with Gasteiger partial charge in [-0.05, 0) is 18.6 Å². The Hall–Kier alpha value is -0.770. The highest BCUT2D eigenvalue weighted by Crippen LogP contribution is 2.38. The molecule has 0 saturated carbocycles. The lowest BCUT2D eigenvalue weighted by Crippen LogP contribution is -2.16. The molecule has 2 heterocycles. The molecule has 0 bridgehead atoms. The van der Waals surface area contributed by atoms with Crippen LogP contribution >= 0.6 is 11.8 Å². The van der Waals surface area contributed by atoms with Crippen molar-refractivity contribution in [3.05, 3.63) is 17.6 Å². The van der Waals surface area contributed by atoms with Crippen LogP contribution in [0.3, 0.4) is 0 Å². The first-order chi connectivity index (χ1) is 7.47. The average Bonchev–Trinajstić information content (AvgIpc) is 2.68. The van der Waals surface area contributed by atoms with Gasteiger partial charge in [0.2, 0.25) is 0 Å². The van der Waals surface area contributed by atoms with Crippen molar-refractivity contribution in [2.45, 2.75) is 44.3 Å². The van der Waals surface area contributed by atoms with Crippen molar-refractivity contribution in [3.8, 4) is 0 Å². The van der Waals surface area contributed by atoms with Gasteiger partial charge in [0.05, 0.1) is 10.9 Å². The molecule has 2 N–H and O–H groups in total. The second-order valence-corrected chi connectivity index (χ2v) is 6.60. The van der Waals surface area contributed by atoms with Crippen molar-refractivity contribution in [1.29, 1.82) is 0 Å². The normalized spacial score (nSPS) is 21.3. The largest absolute Gasteiger partial charge is 0.384 e. The molecular formula is C12H19N3S. The Balaban J connectivity index is 2.35. The minimum atomic E-state index is 0.0368. The van der Waals surface area contributed by atoms with Crippen LogP contribution in [0.5, 0.6) is 0 Å². The molecule has 16 heavy (non-hydrogen) atoms. The molecular weight excluding hydrogens is 218 g/mol. The monoisotopic (exact) mass is 237 g/mol. The lowest BCUT2D eigenvalue weighted by molar-refractivity contribution is 0.561. The van der Waals surface area contributed by atoms with Gasteiger partial charge < -0.3 is 5.73 Å². The molecule has 1 aliphatic heterocycles. The van der Waals surface area contributed by atoms with E-state index in [0.29, 0.717) is 11.1 Å². The summed E-state index contributed by atoms with van der Waals surface area (Å²) in [7, 11) is 0. The van der Waals surface area contributed by atoms with Crippen molar-refractivity contribution in [3.63, 3.8) is 0 Å². The Morgan fingerprint density at radius 2 is 2.12 bits per heavy atom. The average molecular weight is 237 g/mol. The molecule has 1 unspecified atom stereocenters.